The van der Waals surface area contributed by atoms with Crippen LogP contribution in [0.15, 0.2) is 84.9 Å². The lowest BCUT2D eigenvalue weighted by atomic mass is 10.0. The average molecular weight is 402 g/mol. The van der Waals surface area contributed by atoms with Gasteiger partial charge in [-0.2, -0.15) is 5.26 Å². The molecule has 31 heavy (non-hydrogen) atoms. The molecule has 0 unspecified atom stereocenters. The molecule has 0 saturated heterocycles. The number of nitriles is 1. The van der Waals surface area contributed by atoms with Crippen LogP contribution in [-0.4, -0.2) is 15.9 Å². The van der Waals surface area contributed by atoms with E-state index in [0.717, 1.165) is 27.7 Å². The molecule has 148 valence electrons. The van der Waals surface area contributed by atoms with E-state index in [2.05, 4.69) is 4.98 Å². The molecule has 0 amide bonds. The van der Waals surface area contributed by atoms with Crippen molar-refractivity contribution in [2.24, 2.45) is 0 Å². The van der Waals surface area contributed by atoms with Crippen molar-refractivity contribution in [3.05, 3.63) is 113 Å². The van der Waals surface area contributed by atoms with E-state index in [-0.39, 0.29) is 17.1 Å². The summed E-state index contributed by atoms with van der Waals surface area (Å²) in [5.41, 5.74) is 4.06. The van der Waals surface area contributed by atoms with Gasteiger partial charge in [0.2, 0.25) is 0 Å². The lowest BCUT2D eigenvalue weighted by Gasteiger charge is -2.01. The van der Waals surface area contributed by atoms with Crippen LogP contribution in [0, 0.1) is 11.3 Å². The quantitative estimate of drug-likeness (QED) is 0.334. The third-order valence-electron chi connectivity index (χ3n) is 4.80. The van der Waals surface area contributed by atoms with Gasteiger partial charge in [-0.05, 0) is 59.7 Å². The number of pyridine rings is 1. The van der Waals surface area contributed by atoms with E-state index < -0.39 is 0 Å². The molecule has 0 aliphatic heterocycles. The fraction of sp³-hybridized carbons (Fsp3) is 0. The molecule has 1 N–H and O–H groups in total. The Labute approximate surface area is 180 Å². The van der Waals surface area contributed by atoms with Gasteiger partial charge in [0.15, 0.2) is 5.78 Å². The Morgan fingerprint density at radius 1 is 0.871 bits per heavy atom. The number of aromatic hydroxyl groups is 1. The van der Waals surface area contributed by atoms with Gasteiger partial charge in [-0.3, -0.25) is 4.79 Å². The highest BCUT2D eigenvalue weighted by atomic mass is 16.3. The molecule has 4 rings (SSSR count). The Bertz CT molecular complexity index is 1380. The van der Waals surface area contributed by atoms with Gasteiger partial charge in [0.25, 0.3) is 0 Å². The number of fused-ring (bicyclic) bond motifs is 1. The van der Waals surface area contributed by atoms with Gasteiger partial charge in [-0.15, -0.1) is 0 Å². The molecule has 4 aromatic rings. The maximum Gasteiger partial charge on any atom is 0.189 e. The summed E-state index contributed by atoms with van der Waals surface area (Å²) >= 11 is 0. The Balaban J connectivity index is 1.52. The normalized spacial score (nSPS) is 11.2. The summed E-state index contributed by atoms with van der Waals surface area (Å²) in [5, 5.41) is 20.0. The van der Waals surface area contributed by atoms with E-state index in [0.29, 0.717) is 5.56 Å². The summed E-state index contributed by atoms with van der Waals surface area (Å²) in [4.78, 5) is 17.1. The number of carbonyl (C=O) groups is 1. The smallest absolute Gasteiger partial charge is 0.189 e. The minimum Gasteiger partial charge on any atom is -0.507 e. The molecule has 1 aromatic heterocycles. The van der Waals surface area contributed by atoms with Crippen molar-refractivity contribution in [2.45, 2.75) is 0 Å². The monoisotopic (exact) mass is 402 g/mol. The topological polar surface area (TPSA) is 74.0 Å². The summed E-state index contributed by atoms with van der Waals surface area (Å²) < 4.78 is 0. The zero-order valence-electron chi connectivity index (χ0n) is 16.6. The van der Waals surface area contributed by atoms with Crippen molar-refractivity contribution in [1.29, 1.82) is 5.26 Å². The summed E-state index contributed by atoms with van der Waals surface area (Å²) in [5.74, 6) is -0.510. The number of hydrogen-bond donors (Lipinski definition) is 1. The van der Waals surface area contributed by atoms with Crippen LogP contribution in [0.3, 0.4) is 0 Å². The van der Waals surface area contributed by atoms with Crippen LogP contribution in [0.4, 0.5) is 0 Å². The molecule has 0 saturated carbocycles. The van der Waals surface area contributed by atoms with Crippen LogP contribution < -0.4 is 0 Å². The van der Waals surface area contributed by atoms with Gasteiger partial charge >= 0.3 is 0 Å². The number of aromatic nitrogens is 1. The van der Waals surface area contributed by atoms with E-state index in [4.69, 9.17) is 5.26 Å². The number of phenols is 1. The number of para-hydroxylation sites is 1. The third kappa shape index (κ3) is 4.75. The molecular formula is C27H18N2O2. The largest absolute Gasteiger partial charge is 0.507 e. The summed E-state index contributed by atoms with van der Waals surface area (Å²) in [7, 11) is 0. The molecule has 3 aromatic carbocycles. The Kier molecular flexibility index (Phi) is 5.68. The predicted octanol–water partition coefficient (Wildman–Crippen LogP) is 5.88. The van der Waals surface area contributed by atoms with E-state index in [1.165, 1.54) is 24.3 Å². The number of ketones is 1. The molecular weight excluding hydrogens is 384 g/mol. The Morgan fingerprint density at radius 3 is 2.52 bits per heavy atom. The highest BCUT2D eigenvalue weighted by Gasteiger charge is 2.09. The lowest BCUT2D eigenvalue weighted by molar-refractivity contribution is 0.104. The first-order valence-electron chi connectivity index (χ1n) is 9.72. The number of nitrogens with zero attached hydrogens (tertiary/aromatic N) is 2. The van der Waals surface area contributed by atoms with Gasteiger partial charge in [0.05, 0.1) is 28.4 Å². The molecule has 0 aliphatic rings. The van der Waals surface area contributed by atoms with Crippen molar-refractivity contribution in [3.63, 3.8) is 0 Å². The fourth-order valence-corrected chi connectivity index (χ4v) is 3.19. The minimum atomic E-state index is -0.365. The third-order valence-corrected chi connectivity index (χ3v) is 4.80. The van der Waals surface area contributed by atoms with Crippen LogP contribution in [0.1, 0.15) is 32.7 Å². The molecule has 0 aliphatic carbocycles. The van der Waals surface area contributed by atoms with Gasteiger partial charge in [-0.25, -0.2) is 4.98 Å². The molecule has 4 heteroatoms. The summed E-state index contributed by atoms with van der Waals surface area (Å²) in [6.07, 6.45) is 7.00. The lowest BCUT2D eigenvalue weighted by Crippen LogP contribution is -1.95. The van der Waals surface area contributed by atoms with Crippen LogP contribution in [0.5, 0.6) is 5.75 Å². The second kappa shape index (κ2) is 8.89. The van der Waals surface area contributed by atoms with Crippen LogP contribution in [0.2, 0.25) is 0 Å². The van der Waals surface area contributed by atoms with Gasteiger partial charge in [0.1, 0.15) is 5.75 Å². The summed E-state index contributed by atoms with van der Waals surface area (Å²) in [6.45, 7) is 0. The Hall–Kier alpha value is -4.49. The van der Waals surface area contributed by atoms with Gasteiger partial charge < -0.3 is 5.11 Å². The van der Waals surface area contributed by atoms with Crippen LogP contribution >= 0.6 is 0 Å². The second-order valence-corrected chi connectivity index (χ2v) is 6.97. The molecule has 0 fully saturated rings. The van der Waals surface area contributed by atoms with Crippen molar-refractivity contribution < 1.29 is 9.90 Å². The fourth-order valence-electron chi connectivity index (χ4n) is 3.19. The molecule has 0 atom stereocenters. The predicted molar refractivity (Wildman–Crippen MR) is 123 cm³/mol. The number of benzene rings is 3. The number of carbonyl (C=O) groups excluding carboxylic acids is 1. The zero-order valence-corrected chi connectivity index (χ0v) is 16.6. The molecule has 0 radical (unpaired) electrons. The number of hydrogen-bond acceptors (Lipinski definition) is 4. The van der Waals surface area contributed by atoms with Crippen molar-refractivity contribution in [2.75, 3.05) is 0 Å². The summed E-state index contributed by atoms with van der Waals surface area (Å²) in [6, 6.07) is 25.9. The van der Waals surface area contributed by atoms with E-state index in [1.54, 1.807) is 6.08 Å². The first kappa shape index (κ1) is 19.8. The molecule has 1 heterocycles. The highest BCUT2D eigenvalue weighted by Crippen LogP contribution is 2.20. The highest BCUT2D eigenvalue weighted by molar-refractivity contribution is 6.08. The average Bonchev–Trinajstić information content (AvgIpc) is 2.81. The van der Waals surface area contributed by atoms with Gasteiger partial charge in [-0.1, -0.05) is 54.6 Å². The molecule has 0 spiro atoms. The standard InChI is InChI=1S/C27H18N2O2/c28-18-21-10-15-27(31)24(17-21)26(30)14-9-20-5-3-4-19(16-20)8-12-23-13-11-22-6-1-2-7-25(22)29-23/h1-17,31H/b12-8+,14-9+. The maximum absolute atomic E-state index is 12.4. The van der Waals surface area contributed by atoms with E-state index in [1.807, 2.05) is 78.9 Å². The van der Waals surface area contributed by atoms with E-state index in [9.17, 15) is 9.90 Å². The van der Waals surface area contributed by atoms with Crippen molar-refractivity contribution in [1.82, 2.24) is 4.98 Å². The van der Waals surface area contributed by atoms with Crippen LogP contribution in [0.25, 0.3) is 29.1 Å². The maximum atomic E-state index is 12.4. The number of rotatable bonds is 5. The molecule has 4 nitrogen and oxygen atoms in total. The SMILES string of the molecule is N#Cc1ccc(O)c(C(=O)/C=C/c2cccc(/C=C/c3ccc4ccccc4n3)c2)c1. The van der Waals surface area contributed by atoms with Crippen LogP contribution in [-0.2, 0) is 0 Å². The van der Waals surface area contributed by atoms with Gasteiger partial charge in [0, 0.05) is 5.39 Å². The van der Waals surface area contributed by atoms with E-state index >= 15 is 0 Å². The second-order valence-electron chi connectivity index (χ2n) is 6.97. The number of allylic oxidation sites excluding steroid dienone is 1. The number of phenolic OH excluding ortho intramolecular Hbond substituents is 1. The zero-order chi connectivity index (χ0) is 21.6. The molecule has 0 bridgehead atoms. The Morgan fingerprint density at radius 2 is 1.68 bits per heavy atom. The first-order valence-corrected chi connectivity index (χ1v) is 9.72. The minimum absolute atomic E-state index is 0.105. The van der Waals surface area contributed by atoms with Crippen molar-refractivity contribution >= 4 is 34.9 Å². The first-order chi connectivity index (χ1) is 15.1. The van der Waals surface area contributed by atoms with Crippen molar-refractivity contribution in [3.8, 4) is 11.8 Å².